The van der Waals surface area contributed by atoms with Crippen molar-refractivity contribution in [2.75, 3.05) is 27.4 Å². The fourth-order valence-corrected chi connectivity index (χ4v) is 2.37. The molecular weight excluding hydrogens is 238 g/mol. The van der Waals surface area contributed by atoms with E-state index in [1.807, 2.05) is 0 Å². The molecule has 0 saturated heterocycles. The number of hydrogen-bond acceptors (Lipinski definition) is 3. The van der Waals surface area contributed by atoms with E-state index in [0.29, 0.717) is 12.0 Å². The molecule has 1 N–H and O–H groups in total. The third-order valence-corrected chi connectivity index (χ3v) is 3.56. The van der Waals surface area contributed by atoms with Gasteiger partial charge in [0.1, 0.15) is 5.75 Å². The van der Waals surface area contributed by atoms with Crippen LogP contribution in [0.25, 0.3) is 0 Å². The van der Waals surface area contributed by atoms with Gasteiger partial charge < -0.3 is 14.8 Å². The van der Waals surface area contributed by atoms with Crippen molar-refractivity contribution in [3.63, 3.8) is 0 Å². The van der Waals surface area contributed by atoms with Crippen molar-refractivity contribution in [3.05, 3.63) is 29.3 Å². The summed E-state index contributed by atoms with van der Waals surface area (Å²) in [6, 6.07) is 6.80. The van der Waals surface area contributed by atoms with Gasteiger partial charge in [-0.05, 0) is 43.0 Å². The summed E-state index contributed by atoms with van der Waals surface area (Å²) >= 11 is 0. The van der Waals surface area contributed by atoms with Gasteiger partial charge in [-0.3, -0.25) is 0 Å². The van der Waals surface area contributed by atoms with Gasteiger partial charge in [-0.1, -0.05) is 26.0 Å². The molecule has 1 aromatic carbocycles. The zero-order chi connectivity index (χ0) is 14.3. The molecule has 0 heterocycles. The molecule has 0 aromatic heterocycles. The zero-order valence-corrected chi connectivity index (χ0v) is 12.8. The number of methoxy groups -OCH3 is 2. The van der Waals surface area contributed by atoms with Gasteiger partial charge in [0.15, 0.2) is 0 Å². The van der Waals surface area contributed by atoms with Gasteiger partial charge >= 0.3 is 0 Å². The fraction of sp³-hybridized carbons (Fsp3) is 0.625. The highest BCUT2D eigenvalue weighted by Crippen LogP contribution is 2.29. The molecule has 0 aliphatic rings. The van der Waals surface area contributed by atoms with Gasteiger partial charge in [0.05, 0.1) is 7.11 Å². The third kappa shape index (κ3) is 4.51. The summed E-state index contributed by atoms with van der Waals surface area (Å²) in [7, 11) is 3.48. The second-order valence-electron chi connectivity index (χ2n) is 5.02. The van der Waals surface area contributed by atoms with Crippen molar-refractivity contribution >= 4 is 0 Å². The number of nitrogens with one attached hydrogen (secondary N) is 1. The maximum atomic E-state index is 5.42. The summed E-state index contributed by atoms with van der Waals surface area (Å²) in [5.41, 5.74) is 2.46. The standard InChI is InChI=1S/C16H27NO2/c1-6-17-16(13(3)9-10-18-4)14-8-7-12(2)15(11-14)19-5/h7-8,11,13,16-17H,6,9-10H2,1-5H3. The van der Waals surface area contributed by atoms with Crippen LogP contribution in [-0.2, 0) is 4.74 Å². The van der Waals surface area contributed by atoms with Gasteiger partial charge in [0.2, 0.25) is 0 Å². The van der Waals surface area contributed by atoms with Crippen molar-refractivity contribution in [1.82, 2.24) is 5.32 Å². The molecule has 0 spiro atoms. The van der Waals surface area contributed by atoms with Gasteiger partial charge in [0.25, 0.3) is 0 Å². The molecule has 0 aliphatic heterocycles. The highest BCUT2D eigenvalue weighted by atomic mass is 16.5. The van der Waals surface area contributed by atoms with E-state index in [2.05, 4.69) is 44.3 Å². The molecule has 0 saturated carbocycles. The Morgan fingerprint density at radius 1 is 1.26 bits per heavy atom. The monoisotopic (exact) mass is 265 g/mol. The van der Waals surface area contributed by atoms with E-state index in [-0.39, 0.29) is 0 Å². The van der Waals surface area contributed by atoms with Crippen molar-refractivity contribution in [1.29, 1.82) is 0 Å². The Labute approximate surface area is 117 Å². The topological polar surface area (TPSA) is 30.5 Å². The van der Waals surface area contributed by atoms with Gasteiger partial charge in [-0.25, -0.2) is 0 Å². The molecule has 0 radical (unpaired) electrons. The van der Waals surface area contributed by atoms with Gasteiger partial charge in [-0.2, -0.15) is 0 Å². The first-order valence-electron chi connectivity index (χ1n) is 7.00. The average molecular weight is 265 g/mol. The van der Waals surface area contributed by atoms with Crippen LogP contribution < -0.4 is 10.1 Å². The zero-order valence-electron chi connectivity index (χ0n) is 12.8. The van der Waals surface area contributed by atoms with Crippen LogP contribution in [0.4, 0.5) is 0 Å². The van der Waals surface area contributed by atoms with Crippen LogP contribution >= 0.6 is 0 Å². The van der Waals surface area contributed by atoms with E-state index < -0.39 is 0 Å². The Hall–Kier alpha value is -1.06. The lowest BCUT2D eigenvalue weighted by molar-refractivity contribution is 0.170. The second-order valence-corrected chi connectivity index (χ2v) is 5.02. The number of aryl methyl sites for hydroxylation is 1. The predicted molar refractivity (Wildman–Crippen MR) is 79.8 cm³/mol. The normalized spacial score (nSPS) is 14.2. The van der Waals surface area contributed by atoms with Crippen LogP contribution in [0.5, 0.6) is 5.75 Å². The summed E-state index contributed by atoms with van der Waals surface area (Å²) in [5.74, 6) is 1.48. The molecular formula is C16H27NO2. The van der Waals surface area contributed by atoms with Crippen LogP contribution in [0.2, 0.25) is 0 Å². The molecule has 0 amide bonds. The minimum atomic E-state index is 0.342. The number of ether oxygens (including phenoxy) is 2. The summed E-state index contributed by atoms with van der Waals surface area (Å²) in [6.07, 6.45) is 1.05. The first-order valence-corrected chi connectivity index (χ1v) is 7.00. The first-order chi connectivity index (χ1) is 9.13. The van der Waals surface area contributed by atoms with Crippen molar-refractivity contribution in [2.24, 2.45) is 5.92 Å². The molecule has 2 unspecified atom stereocenters. The van der Waals surface area contributed by atoms with Crippen LogP contribution in [-0.4, -0.2) is 27.4 Å². The minimum Gasteiger partial charge on any atom is -0.496 e. The molecule has 1 rings (SSSR count). The molecule has 3 heteroatoms. The molecule has 19 heavy (non-hydrogen) atoms. The first kappa shape index (κ1) is 16.0. The van der Waals surface area contributed by atoms with Crippen molar-refractivity contribution in [3.8, 4) is 5.75 Å². The molecule has 108 valence electrons. The van der Waals surface area contributed by atoms with E-state index in [0.717, 1.165) is 25.3 Å². The van der Waals surface area contributed by atoms with E-state index in [1.54, 1.807) is 14.2 Å². The maximum Gasteiger partial charge on any atom is 0.122 e. The Morgan fingerprint density at radius 2 is 2.00 bits per heavy atom. The smallest absolute Gasteiger partial charge is 0.122 e. The lowest BCUT2D eigenvalue weighted by Crippen LogP contribution is -2.27. The van der Waals surface area contributed by atoms with Crippen LogP contribution in [0.15, 0.2) is 18.2 Å². The van der Waals surface area contributed by atoms with E-state index in [4.69, 9.17) is 9.47 Å². The van der Waals surface area contributed by atoms with Crippen molar-refractivity contribution < 1.29 is 9.47 Å². The van der Waals surface area contributed by atoms with E-state index >= 15 is 0 Å². The Morgan fingerprint density at radius 3 is 2.58 bits per heavy atom. The Bertz CT molecular complexity index is 379. The van der Waals surface area contributed by atoms with Crippen LogP contribution in [0.3, 0.4) is 0 Å². The van der Waals surface area contributed by atoms with Crippen LogP contribution in [0.1, 0.15) is 37.4 Å². The molecule has 1 aromatic rings. The van der Waals surface area contributed by atoms with Gasteiger partial charge in [0, 0.05) is 19.8 Å². The SMILES string of the molecule is CCNC(c1ccc(C)c(OC)c1)C(C)CCOC. The highest BCUT2D eigenvalue weighted by molar-refractivity contribution is 5.38. The lowest BCUT2D eigenvalue weighted by Gasteiger charge is -2.26. The average Bonchev–Trinajstić information content (AvgIpc) is 2.43. The lowest BCUT2D eigenvalue weighted by atomic mass is 9.91. The molecule has 0 fully saturated rings. The molecule has 3 nitrogen and oxygen atoms in total. The summed E-state index contributed by atoms with van der Waals surface area (Å²) in [6.45, 7) is 8.23. The Balaban J connectivity index is 2.91. The number of benzene rings is 1. The van der Waals surface area contributed by atoms with E-state index in [9.17, 15) is 0 Å². The third-order valence-electron chi connectivity index (χ3n) is 3.56. The van der Waals surface area contributed by atoms with Crippen LogP contribution in [0, 0.1) is 12.8 Å². The molecule has 0 bridgehead atoms. The molecule has 2 atom stereocenters. The number of hydrogen-bond donors (Lipinski definition) is 1. The quantitative estimate of drug-likeness (QED) is 0.782. The minimum absolute atomic E-state index is 0.342. The Kier molecular flexibility index (Phi) is 6.89. The second kappa shape index (κ2) is 8.18. The summed E-state index contributed by atoms with van der Waals surface area (Å²) < 4.78 is 10.6. The van der Waals surface area contributed by atoms with Gasteiger partial charge in [-0.15, -0.1) is 0 Å². The van der Waals surface area contributed by atoms with Crippen molar-refractivity contribution in [2.45, 2.75) is 33.2 Å². The molecule has 0 aliphatic carbocycles. The fourth-order valence-electron chi connectivity index (χ4n) is 2.37. The predicted octanol–water partition coefficient (Wildman–Crippen LogP) is 3.33. The summed E-state index contributed by atoms with van der Waals surface area (Å²) in [4.78, 5) is 0. The highest BCUT2D eigenvalue weighted by Gasteiger charge is 2.19. The number of rotatable bonds is 8. The van der Waals surface area contributed by atoms with E-state index in [1.165, 1.54) is 11.1 Å². The largest absolute Gasteiger partial charge is 0.496 e. The maximum absolute atomic E-state index is 5.42. The summed E-state index contributed by atoms with van der Waals surface area (Å²) in [5, 5.41) is 3.57.